The van der Waals surface area contributed by atoms with Gasteiger partial charge in [-0.2, -0.15) is 0 Å². The first-order valence-corrected chi connectivity index (χ1v) is 7.40. The van der Waals surface area contributed by atoms with E-state index in [0.29, 0.717) is 0 Å². The first-order chi connectivity index (χ1) is 10.1. The van der Waals surface area contributed by atoms with Crippen LogP contribution in [0, 0.1) is 6.92 Å². The topological polar surface area (TPSA) is 43.3 Å². The summed E-state index contributed by atoms with van der Waals surface area (Å²) in [5, 5.41) is 0.747. The average molecular weight is 300 g/mol. The number of hydrogen-bond acceptors (Lipinski definition) is 2. The summed E-state index contributed by atoms with van der Waals surface area (Å²) in [7, 11) is 0. The van der Waals surface area contributed by atoms with E-state index in [-0.39, 0.29) is 6.04 Å². The molecule has 108 valence electrons. The summed E-state index contributed by atoms with van der Waals surface area (Å²) in [5.74, 6) is 0. The van der Waals surface area contributed by atoms with Crippen LogP contribution in [-0.2, 0) is 6.42 Å². The lowest BCUT2D eigenvalue weighted by molar-refractivity contribution is 0.755. The van der Waals surface area contributed by atoms with Gasteiger partial charge in [0, 0.05) is 23.7 Å². The normalized spacial score (nSPS) is 12.8. The quantitative estimate of drug-likeness (QED) is 0.797. The number of aryl methyl sites for hydroxylation is 1. The van der Waals surface area contributed by atoms with Gasteiger partial charge in [0.1, 0.15) is 5.65 Å². The maximum absolute atomic E-state index is 6.17. The Kier molecular flexibility index (Phi) is 3.70. The molecule has 2 aromatic heterocycles. The van der Waals surface area contributed by atoms with Crippen molar-refractivity contribution in [2.75, 3.05) is 0 Å². The van der Waals surface area contributed by atoms with Gasteiger partial charge in [0.05, 0.1) is 11.4 Å². The molecular weight excluding hydrogens is 282 g/mol. The predicted octanol–water partition coefficient (Wildman–Crippen LogP) is 3.91. The van der Waals surface area contributed by atoms with Crippen LogP contribution in [0.5, 0.6) is 0 Å². The fraction of sp³-hybridized carbons (Fsp3) is 0.235. The van der Waals surface area contributed by atoms with Crippen molar-refractivity contribution in [2.45, 2.75) is 26.3 Å². The fourth-order valence-electron chi connectivity index (χ4n) is 2.68. The summed E-state index contributed by atoms with van der Waals surface area (Å²) in [6, 6.07) is 11.9. The number of halogens is 1. The molecule has 0 bridgehead atoms. The molecule has 2 heterocycles. The van der Waals surface area contributed by atoms with Gasteiger partial charge in [-0.1, -0.05) is 29.8 Å². The van der Waals surface area contributed by atoms with Crippen LogP contribution >= 0.6 is 11.6 Å². The van der Waals surface area contributed by atoms with E-state index in [1.54, 1.807) is 0 Å². The SMILES string of the molecule is Cc1cccn2c(C(C)N)c(Cc3ccc(Cl)cc3)nc12. The van der Waals surface area contributed by atoms with Crippen molar-refractivity contribution in [1.29, 1.82) is 0 Å². The summed E-state index contributed by atoms with van der Waals surface area (Å²) < 4.78 is 2.10. The molecule has 1 aromatic carbocycles. The Bertz CT molecular complexity index is 773. The standard InChI is InChI=1S/C17H18ClN3/c1-11-4-3-9-21-16(12(2)19)15(20-17(11)21)10-13-5-7-14(18)8-6-13/h3-9,12H,10,19H2,1-2H3. The molecule has 0 aliphatic carbocycles. The van der Waals surface area contributed by atoms with E-state index in [4.69, 9.17) is 22.3 Å². The summed E-state index contributed by atoms with van der Waals surface area (Å²) in [4.78, 5) is 4.80. The molecule has 0 aliphatic heterocycles. The van der Waals surface area contributed by atoms with Crippen LogP contribution in [0.25, 0.3) is 5.65 Å². The van der Waals surface area contributed by atoms with Crippen molar-refractivity contribution in [3.8, 4) is 0 Å². The van der Waals surface area contributed by atoms with Gasteiger partial charge in [0.25, 0.3) is 0 Å². The van der Waals surface area contributed by atoms with Crippen LogP contribution in [-0.4, -0.2) is 9.38 Å². The average Bonchev–Trinajstić information content (AvgIpc) is 2.81. The van der Waals surface area contributed by atoms with E-state index in [9.17, 15) is 0 Å². The Morgan fingerprint density at radius 3 is 2.62 bits per heavy atom. The van der Waals surface area contributed by atoms with Crippen LogP contribution in [0.3, 0.4) is 0 Å². The first kappa shape index (κ1) is 14.1. The second-order valence-electron chi connectivity index (χ2n) is 5.42. The highest BCUT2D eigenvalue weighted by Gasteiger charge is 2.16. The number of benzene rings is 1. The molecule has 3 aromatic rings. The van der Waals surface area contributed by atoms with Gasteiger partial charge in [-0.05, 0) is 43.2 Å². The van der Waals surface area contributed by atoms with Crippen LogP contribution in [0.1, 0.15) is 35.5 Å². The van der Waals surface area contributed by atoms with Crippen molar-refractivity contribution in [1.82, 2.24) is 9.38 Å². The van der Waals surface area contributed by atoms with E-state index in [1.807, 2.05) is 43.5 Å². The lowest BCUT2D eigenvalue weighted by atomic mass is 10.1. The van der Waals surface area contributed by atoms with E-state index >= 15 is 0 Å². The fourth-order valence-corrected chi connectivity index (χ4v) is 2.80. The Morgan fingerprint density at radius 2 is 1.95 bits per heavy atom. The van der Waals surface area contributed by atoms with E-state index in [0.717, 1.165) is 34.0 Å². The number of imidazole rings is 1. The molecule has 2 N–H and O–H groups in total. The largest absolute Gasteiger partial charge is 0.323 e. The summed E-state index contributed by atoms with van der Waals surface area (Å²) >= 11 is 5.94. The number of rotatable bonds is 3. The number of hydrogen-bond donors (Lipinski definition) is 1. The highest BCUT2D eigenvalue weighted by atomic mass is 35.5. The molecule has 0 spiro atoms. The van der Waals surface area contributed by atoms with Gasteiger partial charge >= 0.3 is 0 Å². The van der Waals surface area contributed by atoms with Crippen LogP contribution in [0.4, 0.5) is 0 Å². The zero-order chi connectivity index (χ0) is 15.0. The molecule has 0 saturated heterocycles. The highest BCUT2D eigenvalue weighted by molar-refractivity contribution is 6.30. The Hall–Kier alpha value is -1.84. The zero-order valence-electron chi connectivity index (χ0n) is 12.2. The van der Waals surface area contributed by atoms with Crippen molar-refractivity contribution in [3.05, 3.63) is 70.1 Å². The molecule has 0 saturated carbocycles. The number of nitrogens with zero attached hydrogens (tertiary/aromatic N) is 2. The molecule has 0 fully saturated rings. The number of pyridine rings is 1. The second kappa shape index (κ2) is 5.51. The molecule has 0 radical (unpaired) electrons. The third-order valence-corrected chi connectivity index (χ3v) is 3.93. The predicted molar refractivity (Wildman–Crippen MR) is 86.8 cm³/mol. The zero-order valence-corrected chi connectivity index (χ0v) is 12.9. The second-order valence-corrected chi connectivity index (χ2v) is 5.86. The highest BCUT2D eigenvalue weighted by Crippen LogP contribution is 2.23. The summed E-state index contributed by atoms with van der Waals surface area (Å²) in [6.45, 7) is 4.07. The Balaban J connectivity index is 2.11. The lowest BCUT2D eigenvalue weighted by Crippen LogP contribution is -2.11. The molecule has 3 rings (SSSR count). The number of fused-ring (bicyclic) bond motifs is 1. The third-order valence-electron chi connectivity index (χ3n) is 3.67. The van der Waals surface area contributed by atoms with Crippen molar-refractivity contribution in [3.63, 3.8) is 0 Å². The third kappa shape index (κ3) is 2.67. The smallest absolute Gasteiger partial charge is 0.140 e. The minimum atomic E-state index is -0.0656. The van der Waals surface area contributed by atoms with Gasteiger partial charge < -0.3 is 10.1 Å². The molecule has 3 nitrogen and oxygen atoms in total. The van der Waals surface area contributed by atoms with Crippen LogP contribution in [0.15, 0.2) is 42.6 Å². The van der Waals surface area contributed by atoms with E-state index in [1.165, 1.54) is 5.56 Å². The van der Waals surface area contributed by atoms with Crippen molar-refractivity contribution in [2.24, 2.45) is 5.73 Å². The van der Waals surface area contributed by atoms with Gasteiger partial charge in [0.15, 0.2) is 0 Å². The first-order valence-electron chi connectivity index (χ1n) is 7.02. The molecule has 4 heteroatoms. The van der Waals surface area contributed by atoms with Crippen LogP contribution < -0.4 is 5.73 Å². The van der Waals surface area contributed by atoms with Gasteiger partial charge in [-0.25, -0.2) is 4.98 Å². The molecule has 0 amide bonds. The number of nitrogens with two attached hydrogens (primary N) is 1. The summed E-state index contributed by atoms with van der Waals surface area (Å²) in [5.41, 5.74) is 11.6. The van der Waals surface area contributed by atoms with Crippen molar-refractivity contribution >= 4 is 17.2 Å². The van der Waals surface area contributed by atoms with Crippen molar-refractivity contribution < 1.29 is 0 Å². The van der Waals surface area contributed by atoms with Gasteiger partial charge in [-0.3, -0.25) is 0 Å². The van der Waals surface area contributed by atoms with Gasteiger partial charge in [0.2, 0.25) is 0 Å². The Labute approximate surface area is 129 Å². The molecule has 0 aliphatic rings. The lowest BCUT2D eigenvalue weighted by Gasteiger charge is -2.09. The monoisotopic (exact) mass is 299 g/mol. The molecule has 1 atom stereocenters. The van der Waals surface area contributed by atoms with E-state index < -0.39 is 0 Å². The minimum Gasteiger partial charge on any atom is -0.323 e. The Morgan fingerprint density at radius 1 is 1.24 bits per heavy atom. The number of aromatic nitrogens is 2. The van der Waals surface area contributed by atoms with Crippen LogP contribution in [0.2, 0.25) is 5.02 Å². The maximum Gasteiger partial charge on any atom is 0.140 e. The maximum atomic E-state index is 6.17. The molecular formula is C17H18ClN3. The van der Waals surface area contributed by atoms with Gasteiger partial charge in [-0.15, -0.1) is 0 Å². The summed E-state index contributed by atoms with van der Waals surface area (Å²) in [6.07, 6.45) is 2.79. The molecule has 21 heavy (non-hydrogen) atoms. The molecule has 1 unspecified atom stereocenters. The van der Waals surface area contributed by atoms with E-state index in [2.05, 4.69) is 17.4 Å². The minimum absolute atomic E-state index is 0.0656.